The molecule has 0 atom stereocenters. The Morgan fingerprint density at radius 3 is 2.56 bits per heavy atom. The lowest BCUT2D eigenvalue weighted by Gasteiger charge is -2.27. The molecule has 6 heteroatoms. The summed E-state index contributed by atoms with van der Waals surface area (Å²) in [6, 6.07) is 4.69. The van der Waals surface area contributed by atoms with Gasteiger partial charge in [-0.1, -0.05) is 0 Å². The number of alkyl halides is 3. The average molecular weight is 260 g/mol. The fourth-order valence-electron chi connectivity index (χ4n) is 1.89. The van der Waals surface area contributed by atoms with Gasteiger partial charge >= 0.3 is 6.18 Å². The first-order valence-corrected chi connectivity index (χ1v) is 5.67. The third-order valence-corrected chi connectivity index (χ3v) is 2.88. The number of halogens is 3. The van der Waals surface area contributed by atoms with E-state index < -0.39 is 12.7 Å². The molecule has 1 aromatic carbocycles. The lowest BCUT2D eigenvalue weighted by atomic mass is 10.2. The van der Waals surface area contributed by atoms with Crippen molar-refractivity contribution in [2.24, 2.45) is 0 Å². The molecule has 2 N–H and O–H groups in total. The molecule has 2 rings (SSSR count). The Bertz CT molecular complexity index is 430. The zero-order valence-corrected chi connectivity index (χ0v) is 10.00. The summed E-state index contributed by atoms with van der Waals surface area (Å²) in [7, 11) is 1.47. The second-order valence-corrected chi connectivity index (χ2v) is 4.40. The SMILES string of the molecule is COc1ccc(N)c(N(CC(F)(F)F)C2CC2)c1. The summed E-state index contributed by atoms with van der Waals surface area (Å²) in [4.78, 5) is 1.32. The van der Waals surface area contributed by atoms with E-state index in [1.807, 2.05) is 0 Å². The van der Waals surface area contributed by atoms with Gasteiger partial charge in [0.1, 0.15) is 12.3 Å². The van der Waals surface area contributed by atoms with Crippen molar-refractivity contribution in [2.45, 2.75) is 25.1 Å². The van der Waals surface area contributed by atoms with E-state index in [2.05, 4.69) is 0 Å². The van der Waals surface area contributed by atoms with E-state index in [0.29, 0.717) is 17.1 Å². The van der Waals surface area contributed by atoms with Gasteiger partial charge < -0.3 is 15.4 Å². The van der Waals surface area contributed by atoms with Crippen LogP contribution in [-0.4, -0.2) is 25.9 Å². The molecule has 0 bridgehead atoms. The number of benzene rings is 1. The highest BCUT2D eigenvalue weighted by atomic mass is 19.4. The molecule has 0 unspecified atom stereocenters. The van der Waals surface area contributed by atoms with Crippen molar-refractivity contribution in [1.82, 2.24) is 0 Å². The molecule has 1 aliphatic carbocycles. The zero-order chi connectivity index (χ0) is 13.3. The van der Waals surface area contributed by atoms with Gasteiger partial charge in [0, 0.05) is 12.1 Å². The van der Waals surface area contributed by atoms with E-state index in [-0.39, 0.29) is 6.04 Å². The number of rotatable bonds is 4. The van der Waals surface area contributed by atoms with Crippen molar-refractivity contribution >= 4 is 11.4 Å². The third-order valence-electron chi connectivity index (χ3n) is 2.88. The molecular formula is C12H15F3N2O. The van der Waals surface area contributed by atoms with E-state index >= 15 is 0 Å². The van der Waals surface area contributed by atoms with Gasteiger partial charge in [-0.3, -0.25) is 0 Å². The van der Waals surface area contributed by atoms with Crippen molar-refractivity contribution in [3.63, 3.8) is 0 Å². The summed E-state index contributed by atoms with van der Waals surface area (Å²) < 4.78 is 42.8. The molecule has 1 fully saturated rings. The molecule has 0 amide bonds. The van der Waals surface area contributed by atoms with Crippen LogP contribution in [0.25, 0.3) is 0 Å². The van der Waals surface area contributed by atoms with Crippen LogP contribution >= 0.6 is 0 Å². The Balaban J connectivity index is 2.30. The van der Waals surface area contributed by atoms with E-state index in [0.717, 1.165) is 12.8 Å². The summed E-state index contributed by atoms with van der Waals surface area (Å²) in [5.41, 5.74) is 6.50. The highest BCUT2D eigenvalue weighted by Crippen LogP contribution is 2.38. The normalized spacial score (nSPS) is 15.6. The molecule has 0 radical (unpaired) electrons. The molecule has 0 aliphatic heterocycles. The molecule has 0 saturated heterocycles. The van der Waals surface area contributed by atoms with Gasteiger partial charge in [-0.25, -0.2) is 0 Å². The van der Waals surface area contributed by atoms with E-state index in [4.69, 9.17) is 10.5 Å². The number of nitrogens with zero attached hydrogens (tertiary/aromatic N) is 1. The number of hydrogen-bond acceptors (Lipinski definition) is 3. The first kappa shape index (κ1) is 12.9. The van der Waals surface area contributed by atoms with Crippen LogP contribution in [0.4, 0.5) is 24.5 Å². The number of anilines is 2. The van der Waals surface area contributed by atoms with Gasteiger partial charge in [0.15, 0.2) is 0 Å². The Morgan fingerprint density at radius 1 is 1.39 bits per heavy atom. The van der Waals surface area contributed by atoms with Gasteiger partial charge in [-0.2, -0.15) is 13.2 Å². The summed E-state index contributed by atoms with van der Waals surface area (Å²) in [5, 5.41) is 0. The van der Waals surface area contributed by atoms with Gasteiger partial charge in [0.2, 0.25) is 0 Å². The van der Waals surface area contributed by atoms with Crippen LogP contribution in [0.2, 0.25) is 0 Å². The van der Waals surface area contributed by atoms with Crippen LogP contribution in [0.1, 0.15) is 12.8 Å². The molecule has 1 aromatic rings. The fraction of sp³-hybridized carbons (Fsp3) is 0.500. The van der Waals surface area contributed by atoms with Crippen molar-refractivity contribution in [2.75, 3.05) is 24.3 Å². The highest BCUT2D eigenvalue weighted by Gasteiger charge is 2.38. The van der Waals surface area contributed by atoms with Crippen molar-refractivity contribution < 1.29 is 17.9 Å². The van der Waals surface area contributed by atoms with E-state index in [1.54, 1.807) is 18.2 Å². The molecule has 0 heterocycles. The molecule has 100 valence electrons. The zero-order valence-electron chi connectivity index (χ0n) is 10.00. The molecule has 18 heavy (non-hydrogen) atoms. The maximum absolute atomic E-state index is 12.6. The Hall–Kier alpha value is -1.59. The minimum Gasteiger partial charge on any atom is -0.497 e. The molecule has 0 aromatic heterocycles. The maximum atomic E-state index is 12.6. The Morgan fingerprint density at radius 2 is 2.06 bits per heavy atom. The van der Waals surface area contributed by atoms with Crippen molar-refractivity contribution in [1.29, 1.82) is 0 Å². The first-order valence-electron chi connectivity index (χ1n) is 5.67. The van der Waals surface area contributed by atoms with Crippen LogP contribution < -0.4 is 15.4 Å². The monoisotopic (exact) mass is 260 g/mol. The van der Waals surface area contributed by atoms with Crippen molar-refractivity contribution in [3.05, 3.63) is 18.2 Å². The first-order chi connectivity index (χ1) is 8.40. The quantitative estimate of drug-likeness (QED) is 0.846. The molecule has 1 aliphatic rings. The highest BCUT2D eigenvalue weighted by molar-refractivity contribution is 5.70. The topological polar surface area (TPSA) is 38.5 Å². The third kappa shape index (κ3) is 3.00. The predicted molar refractivity (Wildman–Crippen MR) is 63.8 cm³/mol. The smallest absolute Gasteiger partial charge is 0.405 e. The van der Waals surface area contributed by atoms with Gasteiger partial charge in [0.25, 0.3) is 0 Å². The number of hydrogen-bond donors (Lipinski definition) is 1. The second-order valence-electron chi connectivity index (χ2n) is 4.40. The van der Waals surface area contributed by atoms with Gasteiger partial charge in [-0.15, -0.1) is 0 Å². The minimum atomic E-state index is -4.24. The molecule has 0 spiro atoms. The maximum Gasteiger partial charge on any atom is 0.405 e. The van der Waals surface area contributed by atoms with Crippen LogP contribution in [0.3, 0.4) is 0 Å². The van der Waals surface area contributed by atoms with Gasteiger partial charge in [0.05, 0.1) is 18.5 Å². The number of nitrogen functional groups attached to an aromatic ring is 1. The standard InChI is InChI=1S/C12H15F3N2O/c1-18-9-4-5-10(16)11(6-9)17(8-2-3-8)7-12(13,14)15/h4-6,8H,2-3,7,16H2,1H3. The summed E-state index contributed by atoms with van der Waals surface area (Å²) in [6.45, 7) is -0.977. The average Bonchev–Trinajstić information content (AvgIpc) is 3.09. The Labute approximate surface area is 103 Å². The number of nitrogens with two attached hydrogens (primary N) is 1. The minimum absolute atomic E-state index is 0.0685. The van der Waals surface area contributed by atoms with Crippen LogP contribution in [0.5, 0.6) is 5.75 Å². The largest absolute Gasteiger partial charge is 0.497 e. The lowest BCUT2D eigenvalue weighted by molar-refractivity contribution is -0.119. The summed E-state index contributed by atoms with van der Waals surface area (Å²) in [5.74, 6) is 0.507. The van der Waals surface area contributed by atoms with Crippen LogP contribution in [-0.2, 0) is 0 Å². The van der Waals surface area contributed by atoms with E-state index in [1.165, 1.54) is 12.0 Å². The predicted octanol–water partition coefficient (Wildman–Crippen LogP) is 2.81. The summed E-state index contributed by atoms with van der Waals surface area (Å²) >= 11 is 0. The van der Waals surface area contributed by atoms with E-state index in [9.17, 15) is 13.2 Å². The van der Waals surface area contributed by atoms with Gasteiger partial charge in [-0.05, 0) is 25.0 Å². The fourth-order valence-corrected chi connectivity index (χ4v) is 1.89. The lowest BCUT2D eigenvalue weighted by Crippen LogP contribution is -2.36. The summed E-state index contributed by atoms with van der Waals surface area (Å²) in [6.07, 6.45) is -2.70. The number of methoxy groups -OCH3 is 1. The number of ether oxygens (including phenoxy) is 1. The molecular weight excluding hydrogens is 245 g/mol. The van der Waals surface area contributed by atoms with Crippen LogP contribution in [0, 0.1) is 0 Å². The van der Waals surface area contributed by atoms with Crippen molar-refractivity contribution in [3.8, 4) is 5.75 Å². The van der Waals surface area contributed by atoms with Crippen LogP contribution in [0.15, 0.2) is 18.2 Å². The Kier molecular flexibility index (Phi) is 3.28. The second kappa shape index (κ2) is 4.59. The molecule has 1 saturated carbocycles. The molecule has 3 nitrogen and oxygen atoms in total.